The van der Waals surface area contributed by atoms with Crippen molar-refractivity contribution in [1.82, 2.24) is 14.9 Å². The van der Waals surface area contributed by atoms with E-state index in [-0.39, 0.29) is 0 Å². The molecular weight excluding hydrogens is 290 g/mol. The van der Waals surface area contributed by atoms with E-state index >= 15 is 0 Å². The summed E-state index contributed by atoms with van der Waals surface area (Å²) in [4.78, 5) is 4.87. The van der Waals surface area contributed by atoms with Crippen molar-refractivity contribution in [2.24, 2.45) is 0 Å². The highest BCUT2D eigenvalue weighted by Gasteiger charge is 2.24. The van der Waals surface area contributed by atoms with Crippen LogP contribution in [0.4, 0.5) is 0 Å². The second-order valence-corrected chi connectivity index (χ2v) is 6.17. The molecule has 2 heterocycles. The predicted octanol–water partition coefficient (Wildman–Crippen LogP) is 3.46. The summed E-state index contributed by atoms with van der Waals surface area (Å²) in [5, 5.41) is 3.43. The quantitative estimate of drug-likeness (QED) is 0.921. The maximum atomic E-state index is 4.87. The molecule has 0 saturated carbocycles. The summed E-state index contributed by atoms with van der Waals surface area (Å²) >= 11 is 3.53. The van der Waals surface area contributed by atoms with Crippen molar-refractivity contribution in [2.45, 2.75) is 32.2 Å². The molecule has 1 aromatic heterocycles. The SMILES string of the molecule is CC(C)n1c(C2CCNC2)nc2cc(Br)ccc21. The summed E-state index contributed by atoms with van der Waals surface area (Å²) in [5.74, 6) is 1.79. The molecule has 1 N–H and O–H groups in total. The number of halogens is 1. The van der Waals surface area contributed by atoms with E-state index in [1.807, 2.05) is 0 Å². The number of nitrogens with one attached hydrogen (secondary N) is 1. The first-order valence-electron chi connectivity index (χ1n) is 6.55. The van der Waals surface area contributed by atoms with Gasteiger partial charge in [0.05, 0.1) is 11.0 Å². The molecule has 0 spiro atoms. The third-order valence-corrected chi connectivity index (χ3v) is 4.11. The molecule has 4 heteroatoms. The molecule has 0 bridgehead atoms. The van der Waals surface area contributed by atoms with E-state index in [0.717, 1.165) is 23.1 Å². The molecule has 1 aliphatic rings. The summed E-state index contributed by atoms with van der Waals surface area (Å²) in [6.45, 7) is 6.62. The first-order chi connectivity index (χ1) is 8.66. The van der Waals surface area contributed by atoms with Gasteiger partial charge in [0.15, 0.2) is 0 Å². The Morgan fingerprint density at radius 3 is 2.94 bits per heavy atom. The summed E-state index contributed by atoms with van der Waals surface area (Å²) in [5.41, 5.74) is 2.34. The third kappa shape index (κ3) is 1.97. The Morgan fingerprint density at radius 2 is 2.28 bits per heavy atom. The fourth-order valence-corrected chi connectivity index (χ4v) is 3.15. The standard InChI is InChI=1S/C14H18BrN3/c1-9(2)18-13-4-3-11(15)7-12(13)17-14(18)10-5-6-16-8-10/h3-4,7,9-10,16H,5-6,8H2,1-2H3. The molecule has 0 amide bonds. The van der Waals surface area contributed by atoms with Gasteiger partial charge in [0.1, 0.15) is 5.82 Å². The minimum atomic E-state index is 0.451. The molecule has 96 valence electrons. The topological polar surface area (TPSA) is 29.9 Å². The number of nitrogens with zero attached hydrogens (tertiary/aromatic N) is 2. The average molecular weight is 308 g/mol. The van der Waals surface area contributed by atoms with Crippen molar-refractivity contribution >= 4 is 27.0 Å². The Bertz CT molecular complexity index is 568. The molecule has 0 radical (unpaired) electrons. The highest BCUT2D eigenvalue weighted by Crippen LogP contribution is 2.30. The highest BCUT2D eigenvalue weighted by molar-refractivity contribution is 9.10. The smallest absolute Gasteiger partial charge is 0.114 e. The van der Waals surface area contributed by atoms with Crippen LogP contribution in [0.1, 0.15) is 38.1 Å². The molecule has 3 rings (SSSR count). The van der Waals surface area contributed by atoms with Gasteiger partial charge in [-0.2, -0.15) is 0 Å². The predicted molar refractivity (Wildman–Crippen MR) is 78.0 cm³/mol. The fraction of sp³-hybridized carbons (Fsp3) is 0.500. The Morgan fingerprint density at radius 1 is 1.44 bits per heavy atom. The molecule has 1 aliphatic heterocycles. The van der Waals surface area contributed by atoms with Crippen LogP contribution in [0, 0.1) is 0 Å². The lowest BCUT2D eigenvalue weighted by atomic mass is 10.1. The van der Waals surface area contributed by atoms with Crippen molar-refractivity contribution in [3.05, 3.63) is 28.5 Å². The molecule has 1 atom stereocenters. The monoisotopic (exact) mass is 307 g/mol. The lowest BCUT2D eigenvalue weighted by Crippen LogP contribution is -2.14. The minimum Gasteiger partial charge on any atom is -0.325 e. The van der Waals surface area contributed by atoms with E-state index < -0.39 is 0 Å². The molecule has 1 saturated heterocycles. The van der Waals surface area contributed by atoms with Crippen LogP contribution in [0.2, 0.25) is 0 Å². The third-order valence-electron chi connectivity index (χ3n) is 3.62. The molecule has 1 aromatic carbocycles. The van der Waals surface area contributed by atoms with E-state index in [4.69, 9.17) is 4.98 Å². The van der Waals surface area contributed by atoms with Gasteiger partial charge >= 0.3 is 0 Å². The van der Waals surface area contributed by atoms with Crippen molar-refractivity contribution in [1.29, 1.82) is 0 Å². The van der Waals surface area contributed by atoms with Gasteiger partial charge in [0, 0.05) is 23.0 Å². The number of fused-ring (bicyclic) bond motifs is 1. The van der Waals surface area contributed by atoms with E-state index in [2.05, 4.69) is 57.9 Å². The van der Waals surface area contributed by atoms with Gasteiger partial charge in [0.25, 0.3) is 0 Å². The summed E-state index contributed by atoms with van der Waals surface area (Å²) < 4.78 is 3.49. The Labute approximate surface area is 116 Å². The Balaban J connectivity index is 2.19. The molecule has 1 fully saturated rings. The van der Waals surface area contributed by atoms with Crippen LogP contribution in [-0.2, 0) is 0 Å². The maximum Gasteiger partial charge on any atom is 0.114 e. The van der Waals surface area contributed by atoms with Crippen molar-refractivity contribution in [2.75, 3.05) is 13.1 Å². The van der Waals surface area contributed by atoms with Crippen molar-refractivity contribution < 1.29 is 0 Å². The van der Waals surface area contributed by atoms with Crippen LogP contribution in [0.3, 0.4) is 0 Å². The largest absolute Gasteiger partial charge is 0.325 e. The van der Waals surface area contributed by atoms with Crippen LogP contribution in [0.5, 0.6) is 0 Å². The van der Waals surface area contributed by atoms with Gasteiger partial charge in [-0.1, -0.05) is 15.9 Å². The van der Waals surface area contributed by atoms with Crippen LogP contribution < -0.4 is 5.32 Å². The molecule has 3 nitrogen and oxygen atoms in total. The van der Waals surface area contributed by atoms with Gasteiger partial charge in [-0.3, -0.25) is 0 Å². The van der Waals surface area contributed by atoms with E-state index in [1.165, 1.54) is 17.8 Å². The molecular formula is C14H18BrN3. The highest BCUT2D eigenvalue weighted by atomic mass is 79.9. The Kier molecular flexibility index (Phi) is 3.16. The average Bonchev–Trinajstić information content (AvgIpc) is 2.93. The van der Waals surface area contributed by atoms with Gasteiger partial charge in [-0.05, 0) is 45.0 Å². The first kappa shape index (κ1) is 12.2. The zero-order valence-corrected chi connectivity index (χ0v) is 12.4. The van der Waals surface area contributed by atoms with Crippen LogP contribution >= 0.6 is 15.9 Å². The minimum absolute atomic E-state index is 0.451. The van der Waals surface area contributed by atoms with E-state index in [1.54, 1.807) is 0 Å². The number of aromatic nitrogens is 2. The summed E-state index contributed by atoms with van der Waals surface area (Å²) in [7, 11) is 0. The van der Waals surface area contributed by atoms with Gasteiger partial charge in [-0.15, -0.1) is 0 Å². The number of rotatable bonds is 2. The molecule has 18 heavy (non-hydrogen) atoms. The number of benzene rings is 1. The molecule has 0 aliphatic carbocycles. The van der Waals surface area contributed by atoms with Crippen LogP contribution in [-0.4, -0.2) is 22.6 Å². The molecule has 1 unspecified atom stereocenters. The first-order valence-corrected chi connectivity index (χ1v) is 7.34. The van der Waals surface area contributed by atoms with Crippen molar-refractivity contribution in [3.63, 3.8) is 0 Å². The second kappa shape index (κ2) is 4.67. The fourth-order valence-electron chi connectivity index (χ4n) is 2.80. The summed E-state index contributed by atoms with van der Waals surface area (Å²) in [6, 6.07) is 6.82. The normalized spacial score (nSPS) is 20.1. The number of hydrogen-bond donors (Lipinski definition) is 1. The number of imidazole rings is 1. The van der Waals surface area contributed by atoms with Crippen LogP contribution in [0.25, 0.3) is 11.0 Å². The van der Waals surface area contributed by atoms with Crippen LogP contribution in [0.15, 0.2) is 22.7 Å². The van der Waals surface area contributed by atoms with Gasteiger partial charge < -0.3 is 9.88 Å². The van der Waals surface area contributed by atoms with Gasteiger partial charge in [0.2, 0.25) is 0 Å². The van der Waals surface area contributed by atoms with E-state index in [0.29, 0.717) is 12.0 Å². The Hall–Kier alpha value is -0.870. The maximum absolute atomic E-state index is 4.87. The number of hydrogen-bond acceptors (Lipinski definition) is 2. The molecule has 2 aromatic rings. The summed E-state index contributed by atoms with van der Waals surface area (Å²) in [6.07, 6.45) is 1.19. The second-order valence-electron chi connectivity index (χ2n) is 5.26. The van der Waals surface area contributed by atoms with Crippen molar-refractivity contribution in [3.8, 4) is 0 Å². The van der Waals surface area contributed by atoms with E-state index in [9.17, 15) is 0 Å². The zero-order valence-electron chi connectivity index (χ0n) is 10.8. The lowest BCUT2D eigenvalue weighted by Gasteiger charge is -2.16. The lowest BCUT2D eigenvalue weighted by molar-refractivity contribution is 0.550. The van der Waals surface area contributed by atoms with Gasteiger partial charge in [-0.25, -0.2) is 4.98 Å². The zero-order chi connectivity index (χ0) is 12.7.